The fraction of sp³-hybridized carbons (Fsp3) is 0.929. The third-order valence-electron chi connectivity index (χ3n) is 4.14. The largest absolute Gasteiger partial charge is 0.393 e. The van der Waals surface area contributed by atoms with Crippen LogP contribution in [-0.2, 0) is 0 Å². The van der Waals surface area contributed by atoms with Crippen molar-refractivity contribution in [3.05, 3.63) is 0 Å². The van der Waals surface area contributed by atoms with Crippen LogP contribution >= 0.6 is 12.2 Å². The van der Waals surface area contributed by atoms with Gasteiger partial charge in [-0.1, -0.05) is 25.6 Å². The van der Waals surface area contributed by atoms with Gasteiger partial charge in [0.25, 0.3) is 0 Å². The molecule has 0 heterocycles. The van der Waals surface area contributed by atoms with Gasteiger partial charge in [0.05, 0.1) is 4.99 Å². The average Bonchev–Trinajstić information content (AvgIpc) is 2.29. The van der Waals surface area contributed by atoms with Crippen LogP contribution in [0.1, 0.15) is 59.3 Å². The predicted molar refractivity (Wildman–Crippen MR) is 79.3 cm³/mol. The van der Waals surface area contributed by atoms with Gasteiger partial charge in [-0.15, -0.1) is 0 Å². The molecule has 0 unspecified atom stereocenters. The van der Waals surface area contributed by atoms with Crippen LogP contribution in [0.2, 0.25) is 0 Å². The van der Waals surface area contributed by atoms with E-state index in [1.54, 1.807) is 0 Å². The minimum atomic E-state index is 0.604. The summed E-state index contributed by atoms with van der Waals surface area (Å²) in [5.41, 5.74) is 5.62. The van der Waals surface area contributed by atoms with E-state index in [1.807, 2.05) is 0 Å². The Morgan fingerprint density at radius 1 is 1.29 bits per heavy atom. The lowest BCUT2D eigenvalue weighted by molar-refractivity contribution is 0.108. The van der Waals surface area contributed by atoms with Crippen molar-refractivity contribution in [1.29, 1.82) is 0 Å². The molecule has 17 heavy (non-hydrogen) atoms. The lowest BCUT2D eigenvalue weighted by Gasteiger charge is -2.39. The summed E-state index contributed by atoms with van der Waals surface area (Å²) in [4.78, 5) is 3.25. The molecule has 0 atom stereocenters. The van der Waals surface area contributed by atoms with Gasteiger partial charge in [0.15, 0.2) is 0 Å². The predicted octanol–water partition coefficient (Wildman–Crippen LogP) is 3.34. The van der Waals surface area contributed by atoms with E-state index in [0.717, 1.165) is 24.9 Å². The molecule has 2 N–H and O–H groups in total. The molecule has 1 fully saturated rings. The Morgan fingerprint density at radius 3 is 2.29 bits per heavy atom. The van der Waals surface area contributed by atoms with Crippen molar-refractivity contribution < 1.29 is 0 Å². The Kier molecular flexibility index (Phi) is 6.42. The van der Waals surface area contributed by atoms with Gasteiger partial charge in [-0.3, -0.25) is 4.90 Å². The lowest BCUT2D eigenvalue weighted by atomic mass is 9.83. The summed E-state index contributed by atoms with van der Waals surface area (Å²) in [5, 5.41) is 0. The third kappa shape index (κ3) is 4.92. The van der Waals surface area contributed by atoms with E-state index in [-0.39, 0.29) is 0 Å². The molecule has 3 heteroatoms. The molecular formula is C14H28N2S. The van der Waals surface area contributed by atoms with Gasteiger partial charge in [0, 0.05) is 25.0 Å². The highest BCUT2D eigenvalue weighted by Crippen LogP contribution is 2.30. The van der Waals surface area contributed by atoms with Crippen LogP contribution < -0.4 is 5.73 Å². The maximum Gasteiger partial charge on any atom is 0.0740 e. The number of hydrogen-bond acceptors (Lipinski definition) is 2. The molecule has 1 aliphatic rings. The van der Waals surface area contributed by atoms with Crippen LogP contribution in [0, 0.1) is 5.92 Å². The zero-order valence-corrected chi connectivity index (χ0v) is 12.4. The molecule has 0 bridgehead atoms. The zero-order valence-electron chi connectivity index (χ0n) is 11.6. The Bertz CT molecular complexity index is 232. The molecule has 1 aliphatic carbocycles. The second kappa shape index (κ2) is 7.32. The second-order valence-electron chi connectivity index (χ2n) is 5.63. The summed E-state index contributed by atoms with van der Waals surface area (Å²) in [6.45, 7) is 7.92. The van der Waals surface area contributed by atoms with E-state index >= 15 is 0 Å². The Hall–Kier alpha value is -0.150. The number of rotatable bonds is 6. The second-order valence-corrected chi connectivity index (χ2v) is 6.16. The zero-order chi connectivity index (χ0) is 12.8. The van der Waals surface area contributed by atoms with Gasteiger partial charge < -0.3 is 5.73 Å². The summed E-state index contributed by atoms with van der Waals surface area (Å²) in [6.07, 6.45) is 7.72. The summed E-state index contributed by atoms with van der Waals surface area (Å²) >= 11 is 4.99. The summed E-state index contributed by atoms with van der Waals surface area (Å²) in [5.74, 6) is 0.968. The average molecular weight is 256 g/mol. The van der Waals surface area contributed by atoms with Crippen molar-refractivity contribution in [1.82, 2.24) is 4.90 Å². The summed E-state index contributed by atoms with van der Waals surface area (Å²) < 4.78 is 0. The van der Waals surface area contributed by atoms with Crippen molar-refractivity contribution in [2.75, 3.05) is 6.54 Å². The fourth-order valence-electron chi connectivity index (χ4n) is 2.99. The summed E-state index contributed by atoms with van der Waals surface area (Å²) in [7, 11) is 0. The van der Waals surface area contributed by atoms with Gasteiger partial charge in [-0.2, -0.15) is 0 Å². The van der Waals surface area contributed by atoms with Gasteiger partial charge in [-0.25, -0.2) is 0 Å². The molecule has 100 valence electrons. The molecule has 0 spiro atoms. The standard InChI is InChI=1S/C14H28N2S/c1-4-12-5-7-13(8-6-12)16(11(2)3)10-9-14(15)17/h11-13H,4-10H2,1-3H3,(H2,15,17). The minimum Gasteiger partial charge on any atom is -0.393 e. The van der Waals surface area contributed by atoms with Crippen molar-refractivity contribution >= 4 is 17.2 Å². The number of thiocarbonyl (C=S) groups is 1. The van der Waals surface area contributed by atoms with Crippen LogP contribution in [0.25, 0.3) is 0 Å². The van der Waals surface area contributed by atoms with Gasteiger partial charge in [-0.05, 0) is 45.4 Å². The smallest absolute Gasteiger partial charge is 0.0740 e. The summed E-state index contributed by atoms with van der Waals surface area (Å²) in [6, 6.07) is 1.36. The topological polar surface area (TPSA) is 29.3 Å². The molecule has 0 aromatic heterocycles. The van der Waals surface area contributed by atoms with Crippen molar-refractivity contribution in [3.63, 3.8) is 0 Å². The van der Waals surface area contributed by atoms with Crippen molar-refractivity contribution in [2.45, 2.75) is 71.4 Å². The SMILES string of the molecule is CCC1CCC(N(CCC(N)=S)C(C)C)CC1. The normalized spacial score (nSPS) is 25.5. The first-order valence-corrected chi connectivity index (χ1v) is 7.49. The van der Waals surface area contributed by atoms with E-state index in [1.165, 1.54) is 32.1 Å². The first-order chi connectivity index (χ1) is 8.04. The van der Waals surface area contributed by atoms with Crippen LogP contribution in [0.3, 0.4) is 0 Å². The first kappa shape index (κ1) is 14.9. The number of nitrogens with zero attached hydrogens (tertiary/aromatic N) is 1. The molecule has 0 saturated heterocycles. The molecule has 0 amide bonds. The highest BCUT2D eigenvalue weighted by molar-refractivity contribution is 7.80. The molecular weight excluding hydrogens is 228 g/mol. The third-order valence-corrected chi connectivity index (χ3v) is 4.35. The van der Waals surface area contributed by atoms with Crippen LogP contribution in [0.15, 0.2) is 0 Å². The monoisotopic (exact) mass is 256 g/mol. The highest BCUT2D eigenvalue weighted by Gasteiger charge is 2.26. The van der Waals surface area contributed by atoms with E-state index in [2.05, 4.69) is 25.7 Å². The Balaban J connectivity index is 2.45. The maximum absolute atomic E-state index is 5.62. The molecule has 1 rings (SSSR count). The van der Waals surface area contributed by atoms with E-state index in [9.17, 15) is 0 Å². The molecule has 0 aromatic rings. The van der Waals surface area contributed by atoms with Crippen LogP contribution in [0.4, 0.5) is 0 Å². The highest BCUT2D eigenvalue weighted by atomic mass is 32.1. The Morgan fingerprint density at radius 2 is 1.88 bits per heavy atom. The maximum atomic E-state index is 5.62. The van der Waals surface area contributed by atoms with Crippen LogP contribution in [-0.4, -0.2) is 28.5 Å². The lowest BCUT2D eigenvalue weighted by Crippen LogP contribution is -2.43. The fourth-order valence-corrected chi connectivity index (χ4v) is 3.08. The number of hydrogen-bond donors (Lipinski definition) is 1. The van der Waals surface area contributed by atoms with E-state index in [0.29, 0.717) is 11.0 Å². The van der Waals surface area contributed by atoms with Crippen molar-refractivity contribution in [2.24, 2.45) is 11.7 Å². The van der Waals surface area contributed by atoms with Gasteiger partial charge >= 0.3 is 0 Å². The van der Waals surface area contributed by atoms with Crippen molar-refractivity contribution in [3.8, 4) is 0 Å². The van der Waals surface area contributed by atoms with Gasteiger partial charge in [0.2, 0.25) is 0 Å². The molecule has 1 saturated carbocycles. The molecule has 0 radical (unpaired) electrons. The number of nitrogens with two attached hydrogens (primary N) is 1. The first-order valence-electron chi connectivity index (χ1n) is 7.08. The van der Waals surface area contributed by atoms with Crippen LogP contribution in [0.5, 0.6) is 0 Å². The van der Waals surface area contributed by atoms with Gasteiger partial charge in [0.1, 0.15) is 0 Å². The van der Waals surface area contributed by atoms with E-state index < -0.39 is 0 Å². The Labute approximate surface area is 112 Å². The van der Waals surface area contributed by atoms with E-state index in [4.69, 9.17) is 18.0 Å². The minimum absolute atomic E-state index is 0.604. The molecule has 0 aromatic carbocycles. The quantitative estimate of drug-likeness (QED) is 0.739. The molecule has 0 aliphatic heterocycles. The molecule has 2 nitrogen and oxygen atoms in total.